The topological polar surface area (TPSA) is 32.3 Å². The number of hydrogen-bond acceptors (Lipinski definition) is 2. The van der Waals surface area contributed by atoms with E-state index in [-0.39, 0.29) is 5.41 Å². The van der Waals surface area contributed by atoms with Gasteiger partial charge in [-0.05, 0) is 67.6 Å². The van der Waals surface area contributed by atoms with Gasteiger partial charge in [-0.1, -0.05) is 13.8 Å². The van der Waals surface area contributed by atoms with Gasteiger partial charge in [-0.15, -0.1) is 0 Å². The molecule has 2 N–H and O–H groups in total. The Hall–Kier alpha value is -0.0800. The van der Waals surface area contributed by atoms with Crippen molar-refractivity contribution in [3.05, 3.63) is 0 Å². The molecular weight excluding hydrogens is 222 g/mol. The molecule has 4 aliphatic rings. The van der Waals surface area contributed by atoms with Gasteiger partial charge in [0, 0.05) is 19.2 Å². The van der Waals surface area contributed by atoms with Crippen LogP contribution in [-0.2, 0) is 0 Å². The Balaban J connectivity index is 1.57. The lowest BCUT2D eigenvalue weighted by Gasteiger charge is -2.55. The first-order chi connectivity index (χ1) is 8.57. The third kappa shape index (κ3) is 2.46. The summed E-state index contributed by atoms with van der Waals surface area (Å²) in [6.07, 6.45) is 8.41. The van der Waals surface area contributed by atoms with E-state index in [9.17, 15) is 0 Å². The monoisotopic (exact) mass is 251 g/mol. The summed E-state index contributed by atoms with van der Waals surface area (Å²) >= 11 is 0. The van der Waals surface area contributed by atoms with Crippen molar-refractivity contribution in [1.29, 1.82) is 0 Å². The van der Waals surface area contributed by atoms with E-state index >= 15 is 0 Å². The van der Waals surface area contributed by atoms with E-state index in [1.807, 2.05) is 0 Å². The summed E-state index contributed by atoms with van der Waals surface area (Å²) in [7, 11) is 0. The zero-order valence-electron chi connectivity index (χ0n) is 12.0. The van der Waals surface area contributed by atoms with Gasteiger partial charge in [-0.3, -0.25) is 0 Å². The van der Waals surface area contributed by atoms with Crippen molar-refractivity contribution in [3.63, 3.8) is 0 Å². The molecule has 0 aliphatic heterocycles. The van der Waals surface area contributed by atoms with Crippen LogP contribution in [0.25, 0.3) is 0 Å². The normalized spacial score (nSPS) is 42.5. The lowest BCUT2D eigenvalue weighted by atomic mass is 9.54. The van der Waals surface area contributed by atoms with E-state index in [0.29, 0.717) is 6.61 Å². The van der Waals surface area contributed by atoms with Gasteiger partial charge in [0.05, 0.1) is 0 Å². The van der Waals surface area contributed by atoms with Gasteiger partial charge in [0.1, 0.15) is 0 Å². The quantitative estimate of drug-likeness (QED) is 0.787. The van der Waals surface area contributed by atoms with Crippen molar-refractivity contribution in [2.45, 2.75) is 58.4 Å². The van der Waals surface area contributed by atoms with Crippen LogP contribution in [-0.4, -0.2) is 24.3 Å². The maximum Gasteiger partial charge on any atom is 0.0436 e. The first-order valence-corrected chi connectivity index (χ1v) is 7.91. The molecule has 4 aliphatic carbocycles. The number of aliphatic hydroxyl groups excluding tert-OH is 1. The van der Waals surface area contributed by atoms with Crippen molar-refractivity contribution >= 4 is 0 Å². The van der Waals surface area contributed by atoms with Crippen molar-refractivity contribution in [2.75, 3.05) is 13.2 Å². The maximum atomic E-state index is 9.11. The minimum atomic E-state index is 0.239. The largest absolute Gasteiger partial charge is 0.396 e. The van der Waals surface area contributed by atoms with Gasteiger partial charge in [0.2, 0.25) is 0 Å². The Labute approximate surface area is 112 Å². The summed E-state index contributed by atoms with van der Waals surface area (Å²) in [5.41, 5.74) is 0.239. The van der Waals surface area contributed by atoms with Gasteiger partial charge in [-0.25, -0.2) is 0 Å². The minimum Gasteiger partial charge on any atom is -0.396 e. The van der Waals surface area contributed by atoms with E-state index < -0.39 is 0 Å². The summed E-state index contributed by atoms with van der Waals surface area (Å²) in [5, 5.41) is 13.0. The predicted octanol–water partition coefficient (Wildman–Crippen LogP) is 2.81. The molecule has 2 nitrogen and oxygen atoms in total. The van der Waals surface area contributed by atoms with Gasteiger partial charge in [0.25, 0.3) is 0 Å². The first-order valence-electron chi connectivity index (χ1n) is 7.91. The Morgan fingerprint density at radius 2 is 1.56 bits per heavy atom. The molecule has 0 atom stereocenters. The molecule has 0 aromatic heterocycles. The molecule has 104 valence electrons. The van der Waals surface area contributed by atoms with Crippen LogP contribution in [0.2, 0.25) is 0 Å². The number of rotatable bonds is 5. The Morgan fingerprint density at radius 1 is 1.00 bits per heavy atom. The fourth-order valence-corrected chi connectivity index (χ4v) is 5.04. The molecule has 0 spiro atoms. The highest BCUT2D eigenvalue weighted by Gasteiger charge is 2.48. The van der Waals surface area contributed by atoms with Crippen LogP contribution < -0.4 is 5.32 Å². The zero-order valence-corrected chi connectivity index (χ0v) is 12.0. The molecule has 0 radical (unpaired) electrons. The van der Waals surface area contributed by atoms with E-state index in [2.05, 4.69) is 19.2 Å². The summed E-state index contributed by atoms with van der Waals surface area (Å²) in [5.74, 6) is 4.06. The highest BCUT2D eigenvalue weighted by atomic mass is 16.3. The summed E-state index contributed by atoms with van der Waals surface area (Å²) in [6, 6.07) is 0.788. The van der Waals surface area contributed by atoms with Gasteiger partial charge >= 0.3 is 0 Å². The Bertz CT molecular complexity index is 271. The SMILES string of the molecule is CC(C)(CCO)CNC1C2CC3CC(C2)CC1C3. The third-order valence-electron chi connectivity index (χ3n) is 5.83. The maximum absolute atomic E-state index is 9.11. The van der Waals surface area contributed by atoms with Gasteiger partial charge in [0.15, 0.2) is 0 Å². The summed E-state index contributed by atoms with van der Waals surface area (Å²) < 4.78 is 0. The third-order valence-corrected chi connectivity index (χ3v) is 5.83. The minimum absolute atomic E-state index is 0.239. The second-order valence-electron chi connectivity index (χ2n) is 7.98. The highest BCUT2D eigenvalue weighted by Crippen LogP contribution is 2.53. The van der Waals surface area contributed by atoms with E-state index in [4.69, 9.17) is 5.11 Å². The second-order valence-corrected chi connectivity index (χ2v) is 7.98. The second kappa shape index (κ2) is 4.79. The fourth-order valence-electron chi connectivity index (χ4n) is 5.04. The zero-order chi connectivity index (χ0) is 12.8. The average Bonchev–Trinajstić information content (AvgIpc) is 2.26. The van der Waals surface area contributed by atoms with Crippen LogP contribution in [0, 0.1) is 29.1 Å². The lowest BCUT2D eigenvalue weighted by Crippen LogP contribution is -2.55. The number of nitrogens with one attached hydrogen (secondary N) is 1. The van der Waals surface area contributed by atoms with Crippen LogP contribution in [0.5, 0.6) is 0 Å². The highest BCUT2D eigenvalue weighted by molar-refractivity contribution is 5.01. The van der Waals surface area contributed by atoms with Crippen LogP contribution in [0.1, 0.15) is 52.4 Å². The standard InChI is InChI=1S/C16H29NO/c1-16(2,3-4-18)10-17-15-13-6-11-5-12(8-13)9-14(15)7-11/h11-15,17-18H,3-10H2,1-2H3. The van der Waals surface area contributed by atoms with E-state index in [1.165, 1.54) is 32.1 Å². The van der Waals surface area contributed by atoms with Crippen LogP contribution in [0.3, 0.4) is 0 Å². The van der Waals surface area contributed by atoms with E-state index in [1.54, 1.807) is 0 Å². The molecule has 4 rings (SSSR count). The van der Waals surface area contributed by atoms with Gasteiger partial charge in [-0.2, -0.15) is 0 Å². The van der Waals surface area contributed by atoms with E-state index in [0.717, 1.165) is 42.7 Å². The van der Waals surface area contributed by atoms with Crippen LogP contribution in [0.15, 0.2) is 0 Å². The summed E-state index contributed by atoms with van der Waals surface area (Å²) in [6.45, 7) is 5.93. The Kier molecular flexibility index (Phi) is 3.44. The molecule has 0 saturated heterocycles. The fraction of sp³-hybridized carbons (Fsp3) is 1.00. The first kappa shape index (κ1) is 12.9. The number of hydrogen-bond donors (Lipinski definition) is 2. The van der Waals surface area contributed by atoms with Crippen molar-refractivity contribution in [2.24, 2.45) is 29.1 Å². The molecule has 2 heteroatoms. The molecule has 0 heterocycles. The molecule has 18 heavy (non-hydrogen) atoms. The molecule has 4 saturated carbocycles. The Morgan fingerprint density at radius 3 is 2.06 bits per heavy atom. The predicted molar refractivity (Wildman–Crippen MR) is 74.3 cm³/mol. The molecule has 0 amide bonds. The summed E-state index contributed by atoms with van der Waals surface area (Å²) in [4.78, 5) is 0. The molecule has 0 aromatic rings. The van der Waals surface area contributed by atoms with Crippen molar-refractivity contribution in [1.82, 2.24) is 5.32 Å². The lowest BCUT2D eigenvalue weighted by molar-refractivity contribution is -0.0170. The molecular formula is C16H29NO. The molecule has 0 unspecified atom stereocenters. The molecule has 4 fully saturated rings. The smallest absolute Gasteiger partial charge is 0.0436 e. The molecule has 4 bridgehead atoms. The number of aliphatic hydroxyl groups is 1. The van der Waals surface area contributed by atoms with Crippen LogP contribution in [0.4, 0.5) is 0 Å². The van der Waals surface area contributed by atoms with Gasteiger partial charge < -0.3 is 10.4 Å². The van der Waals surface area contributed by atoms with Crippen molar-refractivity contribution in [3.8, 4) is 0 Å². The molecule has 0 aromatic carbocycles. The average molecular weight is 251 g/mol. The van der Waals surface area contributed by atoms with Crippen LogP contribution >= 0.6 is 0 Å². The van der Waals surface area contributed by atoms with Crippen molar-refractivity contribution < 1.29 is 5.11 Å².